The summed E-state index contributed by atoms with van der Waals surface area (Å²) < 4.78 is 0. The van der Waals surface area contributed by atoms with Gasteiger partial charge in [0.05, 0.1) is 11.4 Å². The lowest BCUT2D eigenvalue weighted by molar-refractivity contribution is -0.135. The number of benzene rings is 1. The third-order valence-electron chi connectivity index (χ3n) is 4.10. The number of fused-ring (bicyclic) bond motifs is 1. The molecule has 0 radical (unpaired) electrons. The highest BCUT2D eigenvalue weighted by atomic mass is 32.2. The molecule has 1 aliphatic heterocycles. The van der Waals surface area contributed by atoms with Crippen LogP contribution in [-0.4, -0.2) is 67.6 Å². The van der Waals surface area contributed by atoms with Crippen molar-refractivity contribution in [3.8, 4) is 0 Å². The van der Waals surface area contributed by atoms with E-state index in [2.05, 4.69) is 15.2 Å². The zero-order valence-electron chi connectivity index (χ0n) is 13.8. The number of hydrogen-bond donors (Lipinski definition) is 0. The van der Waals surface area contributed by atoms with Crippen molar-refractivity contribution < 1.29 is 9.59 Å². The van der Waals surface area contributed by atoms with Crippen LogP contribution in [0.2, 0.25) is 0 Å². The van der Waals surface area contributed by atoms with Gasteiger partial charge in [-0.1, -0.05) is 12.1 Å². The average molecular weight is 345 g/mol. The minimum absolute atomic E-state index is 0.0289. The topological polar surface area (TPSA) is 79.3 Å². The van der Waals surface area contributed by atoms with Gasteiger partial charge in [0, 0.05) is 18.8 Å². The minimum atomic E-state index is -0.482. The molecule has 126 valence electrons. The van der Waals surface area contributed by atoms with Crippen molar-refractivity contribution in [3.05, 3.63) is 30.1 Å². The summed E-state index contributed by atoms with van der Waals surface area (Å²) in [6.45, 7) is 3.89. The van der Waals surface area contributed by atoms with E-state index in [9.17, 15) is 9.59 Å². The molecule has 24 heavy (non-hydrogen) atoms. The van der Waals surface area contributed by atoms with E-state index >= 15 is 0 Å². The first-order valence-electron chi connectivity index (χ1n) is 7.74. The largest absolute Gasteiger partial charge is 0.342 e. The Hall–Kier alpha value is -2.22. The first-order chi connectivity index (χ1) is 11.5. The summed E-state index contributed by atoms with van der Waals surface area (Å²) >= 11 is 1.56. The third-order valence-corrected chi connectivity index (χ3v) is 5.11. The van der Waals surface area contributed by atoms with Crippen LogP contribution < -0.4 is 0 Å². The molecule has 0 aliphatic carbocycles. The summed E-state index contributed by atoms with van der Waals surface area (Å²) in [4.78, 5) is 32.9. The number of rotatable bonds is 3. The smallest absolute Gasteiger partial charge is 0.294 e. The highest BCUT2D eigenvalue weighted by Crippen LogP contribution is 2.24. The molecule has 0 saturated carbocycles. The Morgan fingerprint density at radius 1 is 1.25 bits per heavy atom. The maximum Gasteiger partial charge on any atom is 0.294 e. The fourth-order valence-electron chi connectivity index (χ4n) is 2.44. The van der Waals surface area contributed by atoms with Gasteiger partial charge in [0.1, 0.15) is 11.6 Å². The van der Waals surface area contributed by atoms with E-state index in [1.165, 1.54) is 4.90 Å². The van der Waals surface area contributed by atoms with Gasteiger partial charge in [-0.3, -0.25) is 9.59 Å². The molecular formula is C16H19N5O2S. The van der Waals surface area contributed by atoms with E-state index in [0.29, 0.717) is 22.7 Å². The number of carbonyl (C=O) groups is 2. The summed E-state index contributed by atoms with van der Waals surface area (Å²) in [6, 6.07) is 6.85. The van der Waals surface area contributed by atoms with E-state index in [4.69, 9.17) is 0 Å². The van der Waals surface area contributed by atoms with Crippen molar-refractivity contribution in [2.45, 2.75) is 25.9 Å². The van der Waals surface area contributed by atoms with E-state index in [1.807, 2.05) is 26.0 Å². The predicted octanol–water partition coefficient (Wildman–Crippen LogP) is 1.41. The van der Waals surface area contributed by atoms with Crippen molar-refractivity contribution in [1.82, 2.24) is 25.0 Å². The van der Waals surface area contributed by atoms with Gasteiger partial charge in [-0.15, -0.1) is 22.0 Å². The quantitative estimate of drug-likeness (QED) is 0.837. The molecule has 0 bridgehead atoms. The van der Waals surface area contributed by atoms with Crippen molar-refractivity contribution in [3.63, 3.8) is 0 Å². The van der Waals surface area contributed by atoms with E-state index in [1.54, 1.807) is 35.8 Å². The number of likely N-dealkylation sites (N-methyl/N-ethyl adjacent to an activating group) is 1. The van der Waals surface area contributed by atoms with Crippen LogP contribution in [0.5, 0.6) is 0 Å². The number of amides is 2. The fraction of sp³-hybridized carbons (Fsp3) is 0.438. The Balaban J connectivity index is 1.85. The summed E-state index contributed by atoms with van der Waals surface area (Å²) in [5.41, 5.74) is 1.25. The first kappa shape index (κ1) is 16.6. The Bertz CT molecular complexity index is 782. The third kappa shape index (κ3) is 3.06. The van der Waals surface area contributed by atoms with Crippen LogP contribution in [0.4, 0.5) is 0 Å². The van der Waals surface area contributed by atoms with E-state index < -0.39 is 6.04 Å². The maximum absolute atomic E-state index is 12.8. The number of aromatic nitrogens is 3. The first-order valence-corrected chi connectivity index (χ1v) is 8.89. The normalized spacial score (nSPS) is 17.5. The molecule has 1 fully saturated rings. The van der Waals surface area contributed by atoms with Crippen molar-refractivity contribution >= 4 is 34.6 Å². The summed E-state index contributed by atoms with van der Waals surface area (Å²) in [5.74, 6) is 0.659. The second-order valence-corrected chi connectivity index (χ2v) is 6.96. The highest BCUT2D eigenvalue weighted by molar-refractivity contribution is 7.99. The van der Waals surface area contributed by atoms with Crippen LogP contribution in [0.25, 0.3) is 11.0 Å². The molecule has 0 N–H and O–H groups in total. The Morgan fingerprint density at radius 2 is 1.96 bits per heavy atom. The SMILES string of the molecule is CC(C)N(C)C(=O)C1CSCN1C(=O)c1nnc2ccccc2n1. The van der Waals surface area contributed by atoms with Crippen LogP contribution in [0.15, 0.2) is 24.3 Å². The molecule has 2 heterocycles. The van der Waals surface area contributed by atoms with Crippen molar-refractivity contribution in [2.75, 3.05) is 18.7 Å². The fourth-order valence-corrected chi connectivity index (χ4v) is 3.58. The monoisotopic (exact) mass is 345 g/mol. The van der Waals surface area contributed by atoms with Gasteiger partial charge in [0.2, 0.25) is 11.7 Å². The van der Waals surface area contributed by atoms with Crippen LogP contribution in [0, 0.1) is 0 Å². The lowest BCUT2D eigenvalue weighted by atomic mass is 10.2. The Morgan fingerprint density at radius 3 is 2.67 bits per heavy atom. The van der Waals surface area contributed by atoms with Gasteiger partial charge < -0.3 is 9.80 Å². The van der Waals surface area contributed by atoms with Crippen molar-refractivity contribution in [1.29, 1.82) is 0 Å². The molecule has 1 aliphatic rings. The number of carbonyl (C=O) groups excluding carboxylic acids is 2. The van der Waals surface area contributed by atoms with Crippen LogP contribution in [0.3, 0.4) is 0 Å². The molecule has 1 saturated heterocycles. The average Bonchev–Trinajstić information content (AvgIpc) is 3.08. The molecule has 1 atom stereocenters. The van der Waals surface area contributed by atoms with E-state index in [-0.39, 0.29) is 23.7 Å². The number of nitrogens with zero attached hydrogens (tertiary/aromatic N) is 5. The summed E-state index contributed by atoms with van der Waals surface area (Å²) in [7, 11) is 1.76. The molecule has 1 aromatic heterocycles. The number of para-hydroxylation sites is 1. The second-order valence-electron chi connectivity index (χ2n) is 5.96. The Labute approximate surface area is 144 Å². The molecule has 1 aromatic carbocycles. The second kappa shape index (κ2) is 6.72. The van der Waals surface area contributed by atoms with Crippen molar-refractivity contribution in [2.24, 2.45) is 0 Å². The van der Waals surface area contributed by atoms with Crippen LogP contribution in [-0.2, 0) is 4.79 Å². The number of thioether (sulfide) groups is 1. The summed E-state index contributed by atoms with van der Waals surface area (Å²) in [5, 5.41) is 7.98. The van der Waals surface area contributed by atoms with Gasteiger partial charge in [0.15, 0.2) is 0 Å². The van der Waals surface area contributed by atoms with E-state index in [0.717, 1.165) is 0 Å². The summed E-state index contributed by atoms with van der Waals surface area (Å²) in [6.07, 6.45) is 0. The van der Waals surface area contributed by atoms with Crippen LogP contribution in [0.1, 0.15) is 24.5 Å². The number of hydrogen-bond acceptors (Lipinski definition) is 6. The lowest BCUT2D eigenvalue weighted by Gasteiger charge is -2.29. The molecular weight excluding hydrogens is 326 g/mol. The van der Waals surface area contributed by atoms with Gasteiger partial charge in [-0.05, 0) is 26.0 Å². The van der Waals surface area contributed by atoms with Gasteiger partial charge in [-0.2, -0.15) is 0 Å². The molecule has 2 amide bonds. The lowest BCUT2D eigenvalue weighted by Crippen LogP contribution is -2.49. The standard InChI is InChI=1S/C16H19N5O2S/c1-10(2)20(3)15(22)13-8-24-9-21(13)16(23)14-17-11-6-4-5-7-12(11)18-19-14/h4-7,10,13H,8-9H2,1-3H3. The minimum Gasteiger partial charge on any atom is -0.342 e. The van der Waals surface area contributed by atoms with Gasteiger partial charge in [-0.25, -0.2) is 4.98 Å². The predicted molar refractivity (Wildman–Crippen MR) is 92.5 cm³/mol. The molecule has 3 rings (SSSR count). The maximum atomic E-state index is 12.8. The zero-order chi connectivity index (χ0) is 17.3. The zero-order valence-corrected chi connectivity index (χ0v) is 14.7. The van der Waals surface area contributed by atoms with Gasteiger partial charge >= 0.3 is 0 Å². The molecule has 2 aromatic rings. The molecule has 8 heteroatoms. The molecule has 1 unspecified atom stereocenters. The molecule has 7 nitrogen and oxygen atoms in total. The van der Waals surface area contributed by atoms with Gasteiger partial charge in [0.25, 0.3) is 5.91 Å². The Kier molecular flexibility index (Phi) is 4.66. The van der Waals surface area contributed by atoms with Crippen LogP contribution >= 0.6 is 11.8 Å². The highest BCUT2D eigenvalue weighted by Gasteiger charge is 2.38. The molecule has 0 spiro atoms.